The van der Waals surface area contributed by atoms with Gasteiger partial charge in [-0.2, -0.15) is 0 Å². The average molecular weight is 242 g/mol. The number of carbonyl (C=O) groups is 1. The highest BCUT2D eigenvalue weighted by Gasteiger charge is 2.10. The van der Waals surface area contributed by atoms with Gasteiger partial charge in [0.2, 0.25) is 0 Å². The Morgan fingerprint density at radius 3 is 2.33 bits per heavy atom. The summed E-state index contributed by atoms with van der Waals surface area (Å²) in [7, 11) is 0. The van der Waals surface area contributed by atoms with Crippen LogP contribution >= 0.6 is 0 Å². The lowest BCUT2D eigenvalue weighted by Gasteiger charge is -2.06. The van der Waals surface area contributed by atoms with Crippen molar-refractivity contribution in [3.05, 3.63) is 53.6 Å². The van der Waals surface area contributed by atoms with E-state index in [0.717, 1.165) is 5.56 Å². The Balaban J connectivity index is 2.22. The summed E-state index contributed by atoms with van der Waals surface area (Å²) in [6, 6.07) is 11.9. The molecule has 4 heteroatoms. The summed E-state index contributed by atoms with van der Waals surface area (Å²) in [6.45, 7) is 1.93. The maximum Gasteiger partial charge on any atom is 0.343 e. The molecule has 0 spiro atoms. The normalized spacial score (nSPS) is 10.1. The van der Waals surface area contributed by atoms with E-state index < -0.39 is 5.97 Å². The zero-order valence-corrected chi connectivity index (χ0v) is 10.0. The van der Waals surface area contributed by atoms with Crippen molar-refractivity contribution in [2.24, 2.45) is 0 Å². The molecule has 2 aromatic rings. The Bertz CT molecular complexity index is 574. The van der Waals surface area contributed by atoms with E-state index in [-0.39, 0.29) is 0 Å². The molecule has 0 fully saturated rings. The Morgan fingerprint density at radius 2 is 1.72 bits per heavy atom. The van der Waals surface area contributed by atoms with Crippen LogP contribution in [0.4, 0.5) is 11.4 Å². The number of hydrogen-bond donors (Lipinski definition) is 2. The first-order chi connectivity index (χ1) is 8.54. The molecule has 0 saturated carbocycles. The van der Waals surface area contributed by atoms with Crippen LogP contribution in [0, 0.1) is 6.92 Å². The highest BCUT2D eigenvalue weighted by Crippen LogP contribution is 2.18. The maximum atomic E-state index is 11.9. The maximum absolute atomic E-state index is 11.9. The summed E-state index contributed by atoms with van der Waals surface area (Å²) < 4.78 is 5.24. The van der Waals surface area contributed by atoms with E-state index in [9.17, 15) is 4.79 Å². The number of nitrogens with two attached hydrogens (primary N) is 2. The predicted molar refractivity (Wildman–Crippen MR) is 71.4 cm³/mol. The lowest BCUT2D eigenvalue weighted by atomic mass is 10.2. The Morgan fingerprint density at radius 1 is 1.06 bits per heavy atom. The van der Waals surface area contributed by atoms with Gasteiger partial charge in [-0.15, -0.1) is 0 Å². The number of esters is 1. The van der Waals surface area contributed by atoms with Gasteiger partial charge in [0.1, 0.15) is 5.75 Å². The van der Waals surface area contributed by atoms with E-state index in [0.29, 0.717) is 22.7 Å². The van der Waals surface area contributed by atoms with Gasteiger partial charge >= 0.3 is 5.97 Å². The van der Waals surface area contributed by atoms with E-state index in [2.05, 4.69) is 0 Å². The highest BCUT2D eigenvalue weighted by molar-refractivity contribution is 5.93. The minimum Gasteiger partial charge on any atom is -0.423 e. The molecular formula is C14H14N2O2. The smallest absolute Gasteiger partial charge is 0.343 e. The molecule has 0 aromatic heterocycles. The lowest BCUT2D eigenvalue weighted by Crippen LogP contribution is -2.09. The topological polar surface area (TPSA) is 78.3 Å². The largest absolute Gasteiger partial charge is 0.423 e. The van der Waals surface area contributed by atoms with Crippen molar-refractivity contribution in [2.45, 2.75) is 6.92 Å². The number of aryl methyl sites for hydroxylation is 1. The highest BCUT2D eigenvalue weighted by atomic mass is 16.5. The molecule has 4 nitrogen and oxygen atoms in total. The van der Waals surface area contributed by atoms with E-state index in [1.165, 1.54) is 12.1 Å². The van der Waals surface area contributed by atoms with Crippen LogP contribution in [0.1, 0.15) is 15.9 Å². The molecule has 92 valence electrons. The van der Waals surface area contributed by atoms with Crippen LogP contribution in [0.25, 0.3) is 0 Å². The van der Waals surface area contributed by atoms with Gasteiger partial charge in [0.05, 0.1) is 5.56 Å². The van der Waals surface area contributed by atoms with Crippen LogP contribution in [0.3, 0.4) is 0 Å². The minimum absolute atomic E-state index is 0.342. The number of anilines is 2. The van der Waals surface area contributed by atoms with Crippen molar-refractivity contribution in [3.8, 4) is 5.75 Å². The molecule has 0 atom stereocenters. The van der Waals surface area contributed by atoms with Crippen molar-refractivity contribution < 1.29 is 9.53 Å². The molecule has 2 aromatic carbocycles. The molecule has 2 rings (SSSR count). The van der Waals surface area contributed by atoms with Crippen LogP contribution < -0.4 is 16.2 Å². The third-order valence-electron chi connectivity index (χ3n) is 2.41. The Hall–Kier alpha value is -2.49. The van der Waals surface area contributed by atoms with Crippen molar-refractivity contribution in [3.63, 3.8) is 0 Å². The summed E-state index contributed by atoms with van der Waals surface area (Å²) in [5, 5.41) is 0. The molecule has 0 unspecified atom stereocenters. The summed E-state index contributed by atoms with van der Waals surface area (Å²) in [6.07, 6.45) is 0. The van der Waals surface area contributed by atoms with Gasteiger partial charge in [-0.1, -0.05) is 12.1 Å². The number of benzene rings is 2. The second-order valence-electron chi connectivity index (χ2n) is 4.09. The monoisotopic (exact) mass is 242 g/mol. The number of ether oxygens (including phenoxy) is 1. The molecule has 0 bridgehead atoms. The first-order valence-electron chi connectivity index (χ1n) is 5.49. The van der Waals surface area contributed by atoms with E-state index in [1.54, 1.807) is 18.2 Å². The third kappa shape index (κ3) is 2.79. The molecule has 0 radical (unpaired) electrons. The van der Waals surface area contributed by atoms with Crippen LogP contribution in [0.2, 0.25) is 0 Å². The van der Waals surface area contributed by atoms with Gasteiger partial charge in [-0.25, -0.2) is 4.79 Å². The van der Waals surface area contributed by atoms with Crippen molar-refractivity contribution in [1.29, 1.82) is 0 Å². The number of hydrogen-bond acceptors (Lipinski definition) is 4. The summed E-state index contributed by atoms with van der Waals surface area (Å²) in [5.41, 5.74) is 13.5. The van der Waals surface area contributed by atoms with Crippen LogP contribution in [0.5, 0.6) is 5.75 Å². The average Bonchev–Trinajstić information content (AvgIpc) is 2.27. The van der Waals surface area contributed by atoms with Crippen molar-refractivity contribution in [1.82, 2.24) is 0 Å². The molecule has 0 aliphatic heterocycles. The quantitative estimate of drug-likeness (QED) is 0.481. The first kappa shape index (κ1) is 12.0. The zero-order chi connectivity index (χ0) is 13.1. The predicted octanol–water partition coefficient (Wildman–Crippen LogP) is 2.38. The van der Waals surface area contributed by atoms with Gasteiger partial charge in [-0.3, -0.25) is 0 Å². The summed E-state index contributed by atoms with van der Waals surface area (Å²) >= 11 is 0. The molecule has 0 heterocycles. The van der Waals surface area contributed by atoms with Crippen LogP contribution in [-0.2, 0) is 0 Å². The SMILES string of the molecule is Cc1cccc(OC(=O)c2cc(N)cc(N)c2)c1. The van der Waals surface area contributed by atoms with E-state index >= 15 is 0 Å². The molecule has 0 amide bonds. The van der Waals surface area contributed by atoms with Gasteiger partial charge in [-0.05, 0) is 42.8 Å². The Kier molecular flexibility index (Phi) is 3.19. The molecular weight excluding hydrogens is 228 g/mol. The fourth-order valence-electron chi connectivity index (χ4n) is 1.64. The van der Waals surface area contributed by atoms with Gasteiger partial charge in [0.25, 0.3) is 0 Å². The van der Waals surface area contributed by atoms with Crippen LogP contribution in [-0.4, -0.2) is 5.97 Å². The number of carbonyl (C=O) groups excluding carboxylic acids is 1. The molecule has 0 aliphatic carbocycles. The summed E-state index contributed by atoms with van der Waals surface area (Å²) in [4.78, 5) is 11.9. The van der Waals surface area contributed by atoms with Gasteiger partial charge in [0, 0.05) is 11.4 Å². The number of rotatable bonds is 2. The fourth-order valence-corrected chi connectivity index (χ4v) is 1.64. The molecule has 0 aliphatic rings. The summed E-state index contributed by atoms with van der Waals surface area (Å²) in [5.74, 6) is 0.0283. The van der Waals surface area contributed by atoms with E-state index in [4.69, 9.17) is 16.2 Å². The molecule has 4 N–H and O–H groups in total. The number of nitrogen functional groups attached to an aromatic ring is 2. The molecule has 0 saturated heterocycles. The fraction of sp³-hybridized carbons (Fsp3) is 0.0714. The van der Waals surface area contributed by atoms with E-state index in [1.807, 2.05) is 19.1 Å². The van der Waals surface area contributed by atoms with Gasteiger partial charge < -0.3 is 16.2 Å². The standard InChI is InChI=1S/C14H14N2O2/c1-9-3-2-4-13(5-9)18-14(17)10-6-11(15)8-12(16)7-10/h2-8H,15-16H2,1H3. The lowest BCUT2D eigenvalue weighted by molar-refractivity contribution is 0.0735. The second kappa shape index (κ2) is 4.79. The first-order valence-corrected chi connectivity index (χ1v) is 5.49. The third-order valence-corrected chi connectivity index (χ3v) is 2.41. The zero-order valence-electron chi connectivity index (χ0n) is 10.0. The van der Waals surface area contributed by atoms with Crippen molar-refractivity contribution >= 4 is 17.3 Å². The Labute approximate surface area is 105 Å². The molecule has 18 heavy (non-hydrogen) atoms. The second-order valence-corrected chi connectivity index (χ2v) is 4.09. The van der Waals surface area contributed by atoms with Crippen LogP contribution in [0.15, 0.2) is 42.5 Å². The minimum atomic E-state index is -0.473. The van der Waals surface area contributed by atoms with Gasteiger partial charge in [0.15, 0.2) is 0 Å². The van der Waals surface area contributed by atoms with Crippen molar-refractivity contribution in [2.75, 3.05) is 11.5 Å².